The van der Waals surface area contributed by atoms with Crippen LogP contribution in [-0.4, -0.2) is 50.5 Å². The minimum atomic E-state index is -4.25. The van der Waals surface area contributed by atoms with Crippen molar-refractivity contribution < 1.29 is 33.2 Å². The lowest BCUT2D eigenvalue weighted by molar-refractivity contribution is -0.363. The monoisotopic (exact) mass is 522 g/mol. The van der Waals surface area contributed by atoms with Crippen molar-refractivity contribution in [3.05, 3.63) is 0 Å². The summed E-state index contributed by atoms with van der Waals surface area (Å²) in [5.41, 5.74) is -1.88. The molecule has 0 heterocycles. The maximum absolute atomic E-state index is 12.7. The van der Waals surface area contributed by atoms with Crippen molar-refractivity contribution in [2.45, 2.75) is 106 Å². The molecule has 14 aliphatic rings. The highest BCUT2D eigenvalue weighted by Crippen LogP contribution is 2.75. The Bertz CT molecular complexity index is 943. The zero-order chi connectivity index (χ0) is 25.3. The van der Waals surface area contributed by atoms with Gasteiger partial charge in [0.1, 0.15) is 6.61 Å². The van der Waals surface area contributed by atoms with Crippen LogP contribution in [0.2, 0.25) is 0 Å². The average Bonchev–Trinajstić information content (AvgIpc) is 2.83. The van der Waals surface area contributed by atoms with Gasteiger partial charge in [0, 0.05) is 0 Å². The normalized spacial score (nSPS) is 66.0. The minimum Gasteiger partial charge on any atom is -0.389 e. The second-order valence-corrected chi connectivity index (χ2v) is 15.9. The Kier molecular flexibility index (Phi) is 4.25. The van der Waals surface area contributed by atoms with Gasteiger partial charge in [-0.3, -0.25) is 0 Å². The Morgan fingerprint density at radius 2 is 0.811 bits per heavy atom. The average molecular weight is 523 g/mol. The standard InChI is InChI=1S/C16H21F3O2.C14H20O2/c17-16(18,19)7-21-15-6-9-1-10-12(15)3-8-4-13(15)11(2-9)14(10,20)5-8;15-13-6-8-3-10-9(13)1-7-2-11(13)12(4-8)14(10,16)5-7/h8-13,20H,1-7H2;7-12,15-16H,1-6H2. The first kappa shape index (κ1) is 23.3. The highest BCUT2D eigenvalue weighted by molar-refractivity contribution is 5.26. The summed E-state index contributed by atoms with van der Waals surface area (Å²) in [5, 5.41) is 33.2. The molecule has 16 bridgehead atoms. The lowest BCUT2D eigenvalue weighted by atomic mass is 9.32. The van der Waals surface area contributed by atoms with Crippen LogP contribution in [0.25, 0.3) is 0 Å². The van der Waals surface area contributed by atoms with Gasteiger partial charge in [0.15, 0.2) is 0 Å². The van der Waals surface area contributed by atoms with E-state index < -0.39 is 24.0 Å². The Morgan fingerprint density at radius 3 is 1.16 bits per heavy atom. The largest absolute Gasteiger partial charge is 0.411 e. The highest BCUT2D eigenvalue weighted by Gasteiger charge is 2.76. The summed E-state index contributed by atoms with van der Waals surface area (Å²) in [6.07, 6.45) is 8.33. The summed E-state index contributed by atoms with van der Waals surface area (Å²) >= 11 is 0. The molecule has 14 rings (SSSR count). The molecule has 8 atom stereocenters. The molecule has 14 fully saturated rings. The molecule has 0 spiro atoms. The lowest BCUT2D eigenvalue weighted by Crippen LogP contribution is -2.78. The molecule has 0 radical (unpaired) electrons. The summed E-state index contributed by atoms with van der Waals surface area (Å²) in [4.78, 5) is 0. The highest BCUT2D eigenvalue weighted by atomic mass is 19.4. The van der Waals surface area contributed by atoms with Gasteiger partial charge >= 0.3 is 6.18 Å². The summed E-state index contributed by atoms with van der Waals surface area (Å²) in [6.45, 7) is -1.12. The first-order valence-corrected chi connectivity index (χ1v) is 15.3. The van der Waals surface area contributed by atoms with E-state index in [2.05, 4.69) is 0 Å². The third-order valence-electron chi connectivity index (χ3n) is 14.7. The molecule has 0 aliphatic heterocycles. The third-order valence-corrected chi connectivity index (χ3v) is 14.7. The van der Waals surface area contributed by atoms with Crippen molar-refractivity contribution >= 4 is 0 Å². The Balaban J connectivity index is 0.000000113. The predicted octanol–water partition coefficient (Wildman–Crippen LogP) is 4.70. The van der Waals surface area contributed by atoms with Gasteiger partial charge in [0.05, 0.1) is 22.4 Å². The fourth-order valence-corrected chi connectivity index (χ4v) is 14.3. The van der Waals surface area contributed by atoms with Gasteiger partial charge in [-0.25, -0.2) is 0 Å². The van der Waals surface area contributed by atoms with Gasteiger partial charge in [-0.05, 0) is 148 Å². The number of alkyl halides is 3. The molecule has 0 amide bonds. The van der Waals surface area contributed by atoms with Gasteiger partial charge in [0.2, 0.25) is 0 Å². The van der Waals surface area contributed by atoms with Gasteiger partial charge < -0.3 is 20.1 Å². The first-order valence-electron chi connectivity index (χ1n) is 15.3. The van der Waals surface area contributed by atoms with Gasteiger partial charge in [0.25, 0.3) is 0 Å². The molecular weight excluding hydrogens is 481 g/mol. The van der Waals surface area contributed by atoms with Crippen LogP contribution in [0.3, 0.4) is 0 Å². The number of rotatable bonds is 2. The predicted molar refractivity (Wildman–Crippen MR) is 127 cm³/mol. The Labute approximate surface area is 216 Å². The first-order chi connectivity index (χ1) is 17.4. The van der Waals surface area contributed by atoms with Gasteiger partial charge in [-0.15, -0.1) is 0 Å². The van der Waals surface area contributed by atoms with Crippen LogP contribution in [0.5, 0.6) is 0 Å². The summed E-state index contributed by atoms with van der Waals surface area (Å²) in [6, 6.07) is 0. The van der Waals surface area contributed by atoms with Crippen molar-refractivity contribution in [3.8, 4) is 0 Å². The van der Waals surface area contributed by atoms with Gasteiger partial charge in [-0.2, -0.15) is 13.2 Å². The quantitative estimate of drug-likeness (QED) is 0.492. The zero-order valence-electron chi connectivity index (χ0n) is 21.5. The van der Waals surface area contributed by atoms with E-state index in [0.717, 1.165) is 63.2 Å². The fraction of sp³-hybridized carbons (Fsp3) is 1.00. The molecule has 14 aliphatic carbocycles. The molecule has 206 valence electrons. The van der Waals surface area contributed by atoms with Crippen LogP contribution in [0.1, 0.15) is 77.0 Å². The maximum Gasteiger partial charge on any atom is 0.411 e. The zero-order valence-corrected chi connectivity index (χ0v) is 21.5. The fourth-order valence-electron chi connectivity index (χ4n) is 14.3. The van der Waals surface area contributed by atoms with Crippen LogP contribution in [0.15, 0.2) is 0 Å². The van der Waals surface area contributed by atoms with E-state index in [-0.39, 0.29) is 34.9 Å². The SMILES string of the molecule is OC12CC3CC4C1CC1CC2C(C3)C4(O)C1.OC12CC3CC4C1CC1CC2C(C3)C4(OCC(F)(F)F)C1. The third kappa shape index (κ3) is 2.68. The summed E-state index contributed by atoms with van der Waals surface area (Å²) in [5.74, 6) is 4.92. The molecule has 4 nitrogen and oxygen atoms in total. The second-order valence-electron chi connectivity index (χ2n) is 15.9. The molecule has 8 unspecified atom stereocenters. The van der Waals surface area contributed by atoms with Crippen molar-refractivity contribution in [2.24, 2.45) is 71.0 Å². The Morgan fingerprint density at radius 1 is 0.514 bits per heavy atom. The molecule has 0 aromatic rings. The van der Waals surface area contributed by atoms with Gasteiger partial charge in [-0.1, -0.05) is 0 Å². The number of ether oxygens (including phenoxy) is 1. The smallest absolute Gasteiger partial charge is 0.389 e. The summed E-state index contributed by atoms with van der Waals surface area (Å²) < 4.78 is 43.8. The molecule has 14 saturated carbocycles. The van der Waals surface area contributed by atoms with E-state index >= 15 is 0 Å². The van der Waals surface area contributed by atoms with E-state index in [4.69, 9.17) is 4.74 Å². The summed E-state index contributed by atoms with van der Waals surface area (Å²) in [7, 11) is 0. The molecule has 0 saturated heterocycles. The topological polar surface area (TPSA) is 69.9 Å². The van der Waals surface area contributed by atoms with Crippen LogP contribution in [0, 0.1) is 71.0 Å². The second kappa shape index (κ2) is 6.74. The maximum atomic E-state index is 12.7. The molecular formula is C30H41F3O4. The Hall–Kier alpha value is -0.370. The molecule has 3 N–H and O–H groups in total. The number of halogens is 3. The van der Waals surface area contributed by atoms with E-state index in [9.17, 15) is 28.5 Å². The van der Waals surface area contributed by atoms with Crippen LogP contribution in [-0.2, 0) is 4.74 Å². The van der Waals surface area contributed by atoms with E-state index in [1.807, 2.05) is 0 Å². The van der Waals surface area contributed by atoms with E-state index in [1.165, 1.54) is 25.7 Å². The number of hydrogen-bond acceptors (Lipinski definition) is 4. The number of hydrogen-bond donors (Lipinski definition) is 3. The molecule has 7 heteroatoms. The molecule has 0 aromatic carbocycles. The minimum absolute atomic E-state index is 0.162. The molecule has 37 heavy (non-hydrogen) atoms. The lowest BCUT2D eigenvalue weighted by Gasteiger charge is -2.76. The van der Waals surface area contributed by atoms with Crippen molar-refractivity contribution in [3.63, 3.8) is 0 Å². The number of aliphatic hydroxyl groups is 3. The van der Waals surface area contributed by atoms with Crippen molar-refractivity contribution in [1.29, 1.82) is 0 Å². The van der Waals surface area contributed by atoms with E-state index in [1.54, 1.807) is 0 Å². The molecule has 0 aromatic heterocycles. The van der Waals surface area contributed by atoms with Crippen LogP contribution in [0.4, 0.5) is 13.2 Å². The van der Waals surface area contributed by atoms with Crippen LogP contribution >= 0.6 is 0 Å². The van der Waals surface area contributed by atoms with E-state index in [0.29, 0.717) is 35.5 Å². The van der Waals surface area contributed by atoms with Crippen LogP contribution < -0.4 is 0 Å². The van der Waals surface area contributed by atoms with Crippen molar-refractivity contribution in [1.82, 2.24) is 0 Å². The van der Waals surface area contributed by atoms with Crippen molar-refractivity contribution in [2.75, 3.05) is 6.61 Å².